The second-order valence-electron chi connectivity index (χ2n) is 2.41. The minimum atomic E-state index is -5.23. The maximum Gasteiger partial charge on any atom is 0.664 e. The van der Waals surface area contributed by atoms with E-state index in [0.29, 0.717) is 7.05 Å². The first-order valence-electron chi connectivity index (χ1n) is 3.09. The van der Waals surface area contributed by atoms with Crippen molar-refractivity contribution in [2.45, 2.75) is 0 Å². The molecule has 0 amide bonds. The van der Waals surface area contributed by atoms with Crippen LogP contribution in [0.25, 0.3) is 0 Å². The van der Waals surface area contributed by atoms with Crippen LogP contribution in [0.1, 0.15) is 0 Å². The molecule has 0 bridgehead atoms. The van der Waals surface area contributed by atoms with E-state index < -0.39 is 27.0 Å². The third-order valence-electron chi connectivity index (χ3n) is 1.16. The summed E-state index contributed by atoms with van der Waals surface area (Å²) in [6, 6.07) is 0. The zero-order valence-corrected chi connectivity index (χ0v) is 9.93. The highest BCUT2D eigenvalue weighted by molar-refractivity contribution is 6.75. The smallest absolute Gasteiger partial charge is 0.378 e. The van der Waals surface area contributed by atoms with Crippen LogP contribution in [0.2, 0.25) is 0 Å². The van der Waals surface area contributed by atoms with Gasteiger partial charge in [-0.3, -0.25) is 0 Å². The van der Waals surface area contributed by atoms with Gasteiger partial charge in [-0.2, -0.15) is 0 Å². The van der Waals surface area contributed by atoms with E-state index in [0.717, 1.165) is 0 Å². The molecule has 0 atom stereocenters. The predicted octanol–water partition coefficient (Wildman–Crippen LogP) is -5.82. The topological polar surface area (TPSA) is 174 Å². The van der Waals surface area contributed by atoms with Gasteiger partial charge in [-0.15, -0.1) is 0 Å². The van der Waals surface area contributed by atoms with Crippen molar-refractivity contribution in [2.24, 2.45) is 0 Å². The number of rotatable bonds is 4. The summed E-state index contributed by atoms with van der Waals surface area (Å²) < 4.78 is 3.52. The van der Waals surface area contributed by atoms with Crippen molar-refractivity contribution < 1.29 is 42.5 Å². The van der Waals surface area contributed by atoms with Gasteiger partial charge in [0.2, 0.25) is 0 Å². The third kappa shape index (κ3) is 4.66. The molecule has 0 heterocycles. The lowest BCUT2D eigenvalue weighted by Gasteiger charge is -2.31. The van der Waals surface area contributed by atoms with E-state index in [1.165, 1.54) is 0 Å². The third-order valence-corrected chi connectivity index (χ3v) is 6.90. The molecule has 0 fully saturated rings. The van der Waals surface area contributed by atoms with Crippen molar-refractivity contribution >= 4 is 27.0 Å². The minimum Gasteiger partial charge on any atom is -0.378 e. The van der Waals surface area contributed by atoms with Crippen LogP contribution < -0.4 is 0 Å². The standard InChI is InChI=1S/CH11NO9Si3/c1-2(12(3,4)5)13(6,7)11-14(8,9)10/h3-10H,1H3. The molecule has 0 radical (unpaired) electrons. The first-order chi connectivity index (χ1) is 5.86. The normalized spacial score (nSPS) is 15.0. The fraction of sp³-hybridized carbons (Fsp3) is 1.00. The Morgan fingerprint density at radius 3 is 1.43 bits per heavy atom. The van der Waals surface area contributed by atoms with Crippen LogP contribution >= 0.6 is 0 Å². The summed E-state index contributed by atoms with van der Waals surface area (Å²) >= 11 is 0. The van der Waals surface area contributed by atoms with Crippen LogP contribution in [-0.2, 0) is 4.12 Å². The van der Waals surface area contributed by atoms with E-state index >= 15 is 0 Å². The summed E-state index contributed by atoms with van der Waals surface area (Å²) in [6.45, 7) is 0. The van der Waals surface area contributed by atoms with Gasteiger partial charge in [0, 0.05) is 0 Å². The van der Waals surface area contributed by atoms with Gasteiger partial charge in [0.15, 0.2) is 0 Å². The van der Waals surface area contributed by atoms with E-state index in [1.54, 1.807) is 0 Å². The second kappa shape index (κ2) is 4.02. The van der Waals surface area contributed by atoms with Gasteiger partial charge in [-0.25, -0.2) is 4.23 Å². The molecule has 14 heavy (non-hydrogen) atoms. The van der Waals surface area contributed by atoms with Gasteiger partial charge in [-0.05, 0) is 7.05 Å². The monoisotopic (exact) mass is 265 g/mol. The molecule has 0 saturated heterocycles. The molecule has 8 N–H and O–H groups in total. The molecule has 0 spiro atoms. The molecular weight excluding hydrogens is 254 g/mol. The largest absolute Gasteiger partial charge is 0.664 e. The second-order valence-corrected chi connectivity index (χ2v) is 8.51. The van der Waals surface area contributed by atoms with Gasteiger partial charge in [0.25, 0.3) is 0 Å². The first kappa shape index (κ1) is 14.3. The maximum absolute atomic E-state index is 8.96. The van der Waals surface area contributed by atoms with Crippen LogP contribution in [-0.4, -0.2) is 76.6 Å². The SMILES string of the molecule is CN([Si](O)(O)O)[Si](O)(O)O[Si](O)(O)O. The molecule has 86 valence electrons. The molecule has 0 aliphatic rings. The van der Waals surface area contributed by atoms with Crippen molar-refractivity contribution in [3.8, 4) is 0 Å². The summed E-state index contributed by atoms with van der Waals surface area (Å²) in [5.74, 6) is 0. The Labute approximate surface area is 81.5 Å². The van der Waals surface area contributed by atoms with E-state index in [4.69, 9.17) is 38.4 Å². The zero-order chi connectivity index (χ0) is 11.8. The lowest BCUT2D eigenvalue weighted by atomic mass is 11.6. The van der Waals surface area contributed by atoms with E-state index in [2.05, 4.69) is 4.12 Å². The van der Waals surface area contributed by atoms with Crippen LogP contribution in [0.5, 0.6) is 0 Å². The fourth-order valence-corrected chi connectivity index (χ4v) is 4.44. The average molecular weight is 265 g/mol. The number of nitrogens with zero attached hydrogens (tertiary/aromatic N) is 1. The number of hydrogen-bond donors (Lipinski definition) is 8. The van der Waals surface area contributed by atoms with Gasteiger partial charge in [0.05, 0.1) is 0 Å². The Balaban J connectivity index is 4.63. The van der Waals surface area contributed by atoms with Gasteiger partial charge < -0.3 is 42.5 Å². The minimum absolute atomic E-state index is 0.135. The molecule has 0 aromatic carbocycles. The van der Waals surface area contributed by atoms with Gasteiger partial charge in [-0.1, -0.05) is 0 Å². The zero-order valence-electron chi connectivity index (χ0n) is 6.93. The van der Waals surface area contributed by atoms with Crippen LogP contribution in [0, 0.1) is 0 Å². The van der Waals surface area contributed by atoms with Crippen molar-refractivity contribution in [2.75, 3.05) is 7.05 Å². The Bertz CT molecular complexity index is 193. The molecule has 10 nitrogen and oxygen atoms in total. The summed E-state index contributed by atoms with van der Waals surface area (Å²) in [6.07, 6.45) is 0. The highest BCUT2D eigenvalue weighted by atomic mass is 28.5. The van der Waals surface area contributed by atoms with Crippen molar-refractivity contribution in [3.05, 3.63) is 0 Å². The molecule has 0 unspecified atom stereocenters. The van der Waals surface area contributed by atoms with Crippen LogP contribution in [0.3, 0.4) is 0 Å². The molecule has 0 aliphatic heterocycles. The van der Waals surface area contributed by atoms with Crippen molar-refractivity contribution in [1.82, 2.24) is 4.23 Å². The van der Waals surface area contributed by atoms with Crippen LogP contribution in [0.15, 0.2) is 0 Å². The summed E-state index contributed by atoms with van der Waals surface area (Å²) in [4.78, 5) is 68.8. The summed E-state index contributed by atoms with van der Waals surface area (Å²) in [5, 5.41) is 0. The van der Waals surface area contributed by atoms with Crippen molar-refractivity contribution in [3.63, 3.8) is 0 Å². The van der Waals surface area contributed by atoms with E-state index in [9.17, 15) is 0 Å². The first-order valence-corrected chi connectivity index (χ1v) is 8.38. The highest BCUT2D eigenvalue weighted by Gasteiger charge is 2.58. The Morgan fingerprint density at radius 1 is 0.857 bits per heavy atom. The van der Waals surface area contributed by atoms with Gasteiger partial charge >= 0.3 is 27.0 Å². The predicted molar refractivity (Wildman–Crippen MR) is 43.9 cm³/mol. The van der Waals surface area contributed by atoms with Gasteiger partial charge in [0.1, 0.15) is 0 Å². The van der Waals surface area contributed by atoms with E-state index in [1.807, 2.05) is 0 Å². The number of hydrogen-bond acceptors (Lipinski definition) is 10. The fourth-order valence-electron chi connectivity index (χ4n) is 0.448. The maximum atomic E-state index is 8.96. The molecule has 13 heteroatoms. The average Bonchev–Trinajstić information content (AvgIpc) is 1.78. The Hall–Kier alpha value is 0.251. The molecule has 0 rings (SSSR count). The lowest BCUT2D eigenvalue weighted by Crippen LogP contribution is -2.71. The molecule has 0 aliphatic carbocycles. The van der Waals surface area contributed by atoms with Crippen LogP contribution in [0.4, 0.5) is 0 Å². The Kier molecular flexibility index (Phi) is 4.09. The summed E-state index contributed by atoms with van der Waals surface area (Å²) in [7, 11) is -14.7. The highest BCUT2D eigenvalue weighted by Crippen LogP contribution is 2.10. The quantitative estimate of drug-likeness (QED) is 0.229. The van der Waals surface area contributed by atoms with Crippen molar-refractivity contribution in [1.29, 1.82) is 0 Å². The molecular formula is CH11NO9Si3. The molecule has 0 aromatic rings. The molecule has 0 aromatic heterocycles. The van der Waals surface area contributed by atoms with E-state index in [-0.39, 0.29) is 4.23 Å². The Morgan fingerprint density at radius 2 is 1.21 bits per heavy atom. The summed E-state index contributed by atoms with van der Waals surface area (Å²) in [5.41, 5.74) is 0. The lowest BCUT2D eigenvalue weighted by molar-refractivity contribution is 0.0509. The molecule has 0 saturated carbocycles.